The van der Waals surface area contributed by atoms with Crippen LogP contribution in [0.15, 0.2) is 54.7 Å². The van der Waals surface area contributed by atoms with Gasteiger partial charge in [0.25, 0.3) is 0 Å². The molecule has 0 radical (unpaired) electrons. The molecule has 17 heteroatoms. The van der Waals surface area contributed by atoms with Gasteiger partial charge in [-0.15, -0.1) is 0 Å². The number of hydrogen-bond acceptors (Lipinski definition) is 9. The summed E-state index contributed by atoms with van der Waals surface area (Å²) in [6.45, 7) is -0.760. The van der Waals surface area contributed by atoms with Gasteiger partial charge in [0.1, 0.15) is 30.4 Å². The number of phenolic OH excluding ortho intramolecular Hbond substituents is 1. The van der Waals surface area contributed by atoms with Crippen molar-refractivity contribution in [1.29, 1.82) is 0 Å². The van der Waals surface area contributed by atoms with Crippen molar-refractivity contribution in [3.05, 3.63) is 65.9 Å². The van der Waals surface area contributed by atoms with E-state index in [1.807, 2.05) is 0 Å². The molecule has 262 valence electrons. The van der Waals surface area contributed by atoms with E-state index in [9.17, 15) is 43.8 Å². The minimum Gasteiger partial charge on any atom is -0.508 e. The van der Waals surface area contributed by atoms with Crippen LogP contribution in [-0.2, 0) is 46.4 Å². The molecule has 11 N–H and O–H groups in total. The summed E-state index contributed by atoms with van der Waals surface area (Å²) in [5.41, 5.74) is 7.69. The fourth-order valence-corrected chi connectivity index (χ4v) is 4.86. The zero-order chi connectivity index (χ0) is 36.1. The molecule has 0 bridgehead atoms. The van der Waals surface area contributed by atoms with Crippen LogP contribution < -0.4 is 27.0 Å². The summed E-state index contributed by atoms with van der Waals surface area (Å²) >= 11 is 0. The zero-order valence-electron chi connectivity index (χ0n) is 26.2. The van der Waals surface area contributed by atoms with E-state index in [4.69, 9.17) is 15.9 Å². The van der Waals surface area contributed by atoms with E-state index in [-0.39, 0.29) is 25.0 Å². The number of aliphatic carboxylic acids is 3. The van der Waals surface area contributed by atoms with E-state index in [0.717, 1.165) is 10.9 Å². The number of aromatic nitrogens is 1. The zero-order valence-corrected chi connectivity index (χ0v) is 26.2. The third-order valence-corrected chi connectivity index (χ3v) is 7.44. The van der Waals surface area contributed by atoms with Gasteiger partial charge in [0.2, 0.25) is 23.6 Å². The van der Waals surface area contributed by atoms with E-state index in [2.05, 4.69) is 26.3 Å². The number of carbonyl (C=O) groups excluding carboxylic acids is 4. The highest BCUT2D eigenvalue weighted by molar-refractivity contribution is 5.96. The van der Waals surface area contributed by atoms with Crippen LogP contribution in [0.5, 0.6) is 5.75 Å². The summed E-state index contributed by atoms with van der Waals surface area (Å²) in [7, 11) is 0. The molecule has 4 amide bonds. The number of para-hydroxylation sites is 1. The van der Waals surface area contributed by atoms with E-state index < -0.39 is 91.5 Å². The number of carbonyl (C=O) groups is 7. The average Bonchev–Trinajstić information content (AvgIpc) is 3.46. The van der Waals surface area contributed by atoms with Crippen LogP contribution in [-0.4, -0.2) is 97.7 Å². The molecule has 0 saturated heterocycles. The third kappa shape index (κ3) is 12.0. The number of phenols is 1. The first kappa shape index (κ1) is 37.5. The second-order valence-corrected chi connectivity index (χ2v) is 11.2. The van der Waals surface area contributed by atoms with Crippen LogP contribution in [0.2, 0.25) is 0 Å². The molecule has 1 aromatic heterocycles. The molecule has 4 atom stereocenters. The second kappa shape index (κ2) is 17.8. The first-order chi connectivity index (χ1) is 23.2. The van der Waals surface area contributed by atoms with Crippen molar-refractivity contribution in [2.24, 2.45) is 5.73 Å². The van der Waals surface area contributed by atoms with Gasteiger partial charge in [-0.3, -0.25) is 33.6 Å². The number of carboxylic acid groups (broad SMARTS) is 3. The lowest BCUT2D eigenvalue weighted by Crippen LogP contribution is -2.58. The molecule has 17 nitrogen and oxygen atoms in total. The number of nitrogens with two attached hydrogens (primary N) is 1. The number of rotatable bonds is 19. The Bertz CT molecular complexity index is 1670. The van der Waals surface area contributed by atoms with Gasteiger partial charge in [0.15, 0.2) is 0 Å². The average molecular weight is 683 g/mol. The lowest BCUT2D eigenvalue weighted by atomic mass is 10.0. The lowest BCUT2D eigenvalue weighted by Gasteiger charge is -2.26. The van der Waals surface area contributed by atoms with Crippen LogP contribution in [0.25, 0.3) is 10.9 Å². The predicted molar refractivity (Wildman–Crippen MR) is 172 cm³/mol. The highest BCUT2D eigenvalue weighted by Gasteiger charge is 2.31. The van der Waals surface area contributed by atoms with Gasteiger partial charge >= 0.3 is 17.9 Å². The fourth-order valence-electron chi connectivity index (χ4n) is 4.86. The number of amides is 4. The maximum Gasteiger partial charge on any atom is 0.322 e. The number of carboxylic acids is 3. The van der Waals surface area contributed by atoms with E-state index in [1.165, 1.54) is 24.3 Å². The number of aromatic amines is 1. The quantitative estimate of drug-likeness (QED) is 0.0756. The summed E-state index contributed by atoms with van der Waals surface area (Å²) in [6.07, 6.45) is -0.283. The number of hydrogen-bond donors (Lipinski definition) is 10. The van der Waals surface area contributed by atoms with Crippen molar-refractivity contribution < 1.29 is 54.0 Å². The minimum atomic E-state index is -1.54. The van der Waals surface area contributed by atoms with Crippen LogP contribution in [0.4, 0.5) is 0 Å². The first-order valence-corrected chi connectivity index (χ1v) is 15.2. The van der Waals surface area contributed by atoms with Gasteiger partial charge < -0.3 is 52.4 Å². The topological polar surface area (TPSA) is 290 Å². The molecule has 49 heavy (non-hydrogen) atoms. The molecule has 2 aromatic carbocycles. The van der Waals surface area contributed by atoms with Gasteiger partial charge in [-0.05, 0) is 42.2 Å². The molecule has 0 unspecified atom stereocenters. The fraction of sp³-hybridized carbons (Fsp3) is 0.344. The summed E-state index contributed by atoms with van der Waals surface area (Å²) in [5.74, 6) is -7.47. The highest BCUT2D eigenvalue weighted by Crippen LogP contribution is 2.20. The van der Waals surface area contributed by atoms with Crippen molar-refractivity contribution in [3.8, 4) is 5.75 Å². The van der Waals surface area contributed by atoms with Crippen LogP contribution in [0, 0.1) is 0 Å². The molecular formula is C32H38N6O11. The molecule has 0 aliphatic carbocycles. The molecule has 0 aliphatic heterocycles. The maximum atomic E-state index is 13.7. The van der Waals surface area contributed by atoms with Gasteiger partial charge in [-0.25, -0.2) is 0 Å². The Morgan fingerprint density at radius 3 is 1.90 bits per heavy atom. The minimum absolute atomic E-state index is 0.0618. The van der Waals surface area contributed by atoms with Crippen LogP contribution >= 0.6 is 0 Å². The molecule has 0 aliphatic rings. The highest BCUT2D eigenvalue weighted by atomic mass is 16.4. The third-order valence-electron chi connectivity index (χ3n) is 7.44. The van der Waals surface area contributed by atoms with Gasteiger partial charge in [-0.2, -0.15) is 0 Å². The molecule has 0 saturated carbocycles. The molecule has 3 aromatic rings. The lowest BCUT2D eigenvalue weighted by molar-refractivity contribution is -0.139. The monoisotopic (exact) mass is 682 g/mol. The SMILES string of the molecule is N[C@@H](CCC(=O)O)C(=O)N[C@@H](Cc1c[nH]c2ccccc12)C(=O)N[C@@H](CCC(=O)O)C(=O)N[C@@H](Cc1ccc(O)cc1)C(=O)NCC(=O)O. The largest absolute Gasteiger partial charge is 0.508 e. The van der Waals surface area contributed by atoms with Gasteiger partial charge in [0.05, 0.1) is 6.04 Å². The number of H-pyrrole nitrogens is 1. The Balaban J connectivity index is 1.87. The van der Waals surface area contributed by atoms with E-state index >= 15 is 0 Å². The molecule has 3 rings (SSSR count). The number of fused-ring (bicyclic) bond motifs is 1. The summed E-state index contributed by atoms with van der Waals surface area (Å²) < 4.78 is 0. The summed E-state index contributed by atoms with van der Waals surface area (Å²) in [4.78, 5) is 89.7. The molecule has 0 fully saturated rings. The second-order valence-electron chi connectivity index (χ2n) is 11.2. The normalized spacial score (nSPS) is 13.3. The smallest absolute Gasteiger partial charge is 0.322 e. The summed E-state index contributed by atoms with van der Waals surface area (Å²) in [5, 5.41) is 47.2. The summed E-state index contributed by atoms with van der Waals surface area (Å²) in [6, 6.07) is 7.19. The van der Waals surface area contributed by atoms with Gasteiger partial charge in [-0.1, -0.05) is 30.3 Å². The van der Waals surface area contributed by atoms with E-state index in [1.54, 1.807) is 30.5 Å². The number of benzene rings is 2. The first-order valence-electron chi connectivity index (χ1n) is 15.2. The predicted octanol–water partition coefficient (Wildman–Crippen LogP) is -0.629. The number of nitrogens with one attached hydrogen (secondary N) is 5. The van der Waals surface area contributed by atoms with Crippen molar-refractivity contribution in [1.82, 2.24) is 26.3 Å². The van der Waals surface area contributed by atoms with Crippen molar-refractivity contribution >= 4 is 52.4 Å². The number of aromatic hydroxyl groups is 1. The van der Waals surface area contributed by atoms with Crippen molar-refractivity contribution in [3.63, 3.8) is 0 Å². The van der Waals surface area contributed by atoms with Crippen molar-refractivity contribution in [2.45, 2.75) is 62.7 Å². The van der Waals surface area contributed by atoms with Gasteiger partial charge in [0, 0.05) is 42.8 Å². The van der Waals surface area contributed by atoms with Crippen LogP contribution in [0.3, 0.4) is 0 Å². The Morgan fingerprint density at radius 2 is 1.24 bits per heavy atom. The van der Waals surface area contributed by atoms with Crippen molar-refractivity contribution in [2.75, 3.05) is 6.54 Å². The van der Waals surface area contributed by atoms with Crippen LogP contribution in [0.1, 0.15) is 36.8 Å². The van der Waals surface area contributed by atoms with E-state index in [0.29, 0.717) is 11.1 Å². The Hall–Kier alpha value is -5.97. The molecular weight excluding hydrogens is 644 g/mol. The molecule has 0 spiro atoms. The Labute approximate surface area is 279 Å². The Morgan fingerprint density at radius 1 is 0.673 bits per heavy atom. The maximum absolute atomic E-state index is 13.7. The Kier molecular flexibility index (Phi) is 13.6. The molecule has 1 heterocycles. The standard InChI is InChI=1S/C32H38N6O11/c33-21(9-11-26(40)41)29(46)37-25(14-18-15-34-22-4-2-1-3-20(18)22)32(49)36-23(10-12-27(42)43)31(48)38-24(30(47)35-16-28(44)45)13-17-5-7-19(39)8-6-17/h1-8,15,21,23-25,34,39H,9-14,16,33H2,(H,35,47)(H,36,49)(H,37,46)(H,38,48)(H,40,41)(H,42,43)(H,44,45)/t21-,23-,24-,25-/m0/s1.